The number of rotatable bonds is 5. The highest BCUT2D eigenvalue weighted by atomic mass is 15.0. The van der Waals surface area contributed by atoms with Gasteiger partial charge in [0.05, 0.1) is 0 Å². The van der Waals surface area contributed by atoms with Crippen molar-refractivity contribution in [2.45, 2.75) is 39.5 Å². The summed E-state index contributed by atoms with van der Waals surface area (Å²) in [6, 6.07) is 4.10. The van der Waals surface area contributed by atoms with Crippen LogP contribution in [0.25, 0.3) is 0 Å². The van der Waals surface area contributed by atoms with Crippen LogP contribution in [0.5, 0.6) is 0 Å². The summed E-state index contributed by atoms with van der Waals surface area (Å²) in [6.07, 6.45) is 8.92. The van der Waals surface area contributed by atoms with Crippen molar-refractivity contribution >= 4 is 5.82 Å². The van der Waals surface area contributed by atoms with E-state index in [1.807, 2.05) is 19.2 Å². The standard InChI is InChI=1S/C18H26N2/c1-5-18(4)10-8-16(9-11-18)15(3)13-20-17-7-6-14(2)12-19-17/h5-7,12,16H,1,3,8-11,13H2,2,4H3,(H,19,20)/t16-,18-. The Bertz CT molecular complexity index is 465. The molecule has 2 heteroatoms. The lowest BCUT2D eigenvalue weighted by molar-refractivity contribution is 0.242. The minimum atomic E-state index is 0.336. The molecule has 0 amide bonds. The Hall–Kier alpha value is -1.57. The van der Waals surface area contributed by atoms with Crippen molar-refractivity contribution in [2.24, 2.45) is 11.3 Å². The van der Waals surface area contributed by atoms with Crippen LogP contribution in [0.3, 0.4) is 0 Å². The second-order valence-electron chi connectivity index (χ2n) is 6.37. The van der Waals surface area contributed by atoms with Crippen LogP contribution >= 0.6 is 0 Å². The molecule has 20 heavy (non-hydrogen) atoms. The molecule has 1 N–H and O–H groups in total. The van der Waals surface area contributed by atoms with E-state index in [0.29, 0.717) is 11.3 Å². The van der Waals surface area contributed by atoms with Crippen LogP contribution < -0.4 is 5.32 Å². The topological polar surface area (TPSA) is 24.9 Å². The maximum atomic E-state index is 4.37. The highest BCUT2D eigenvalue weighted by Gasteiger charge is 2.29. The summed E-state index contributed by atoms with van der Waals surface area (Å²) in [5.74, 6) is 1.57. The summed E-state index contributed by atoms with van der Waals surface area (Å²) in [5.41, 5.74) is 2.83. The van der Waals surface area contributed by atoms with Gasteiger partial charge in [-0.3, -0.25) is 0 Å². The summed E-state index contributed by atoms with van der Waals surface area (Å²) in [5, 5.41) is 3.37. The first-order chi connectivity index (χ1) is 9.52. The fraction of sp³-hybridized carbons (Fsp3) is 0.500. The van der Waals surface area contributed by atoms with Crippen LogP contribution in [-0.4, -0.2) is 11.5 Å². The molecule has 0 radical (unpaired) electrons. The Balaban J connectivity index is 1.81. The molecule has 0 bridgehead atoms. The summed E-state index contributed by atoms with van der Waals surface area (Å²) >= 11 is 0. The van der Waals surface area contributed by atoms with E-state index in [1.165, 1.54) is 36.8 Å². The summed E-state index contributed by atoms with van der Waals surface area (Å²) < 4.78 is 0. The maximum Gasteiger partial charge on any atom is 0.126 e. The predicted molar refractivity (Wildman–Crippen MR) is 86.9 cm³/mol. The second-order valence-corrected chi connectivity index (χ2v) is 6.37. The Morgan fingerprint density at radius 3 is 2.70 bits per heavy atom. The third-order valence-corrected chi connectivity index (χ3v) is 4.61. The number of nitrogens with zero attached hydrogens (tertiary/aromatic N) is 1. The molecule has 0 saturated heterocycles. The van der Waals surface area contributed by atoms with Crippen LogP contribution in [0.4, 0.5) is 5.82 Å². The smallest absolute Gasteiger partial charge is 0.126 e. The predicted octanol–water partition coefficient (Wildman–Crippen LogP) is 4.74. The molecular weight excluding hydrogens is 244 g/mol. The lowest BCUT2D eigenvalue weighted by Gasteiger charge is -2.35. The van der Waals surface area contributed by atoms with Crippen LogP contribution in [0.1, 0.15) is 38.2 Å². The van der Waals surface area contributed by atoms with Crippen molar-refractivity contribution in [2.75, 3.05) is 11.9 Å². The molecule has 0 atom stereocenters. The van der Waals surface area contributed by atoms with E-state index in [9.17, 15) is 0 Å². The Morgan fingerprint density at radius 1 is 1.45 bits per heavy atom. The van der Waals surface area contributed by atoms with Crippen LogP contribution in [-0.2, 0) is 0 Å². The zero-order chi connectivity index (χ0) is 14.6. The van der Waals surface area contributed by atoms with E-state index in [-0.39, 0.29) is 0 Å². The van der Waals surface area contributed by atoms with Crippen LogP contribution in [0.2, 0.25) is 0 Å². The Labute approximate surface area is 123 Å². The number of hydrogen-bond acceptors (Lipinski definition) is 2. The lowest BCUT2D eigenvalue weighted by Crippen LogP contribution is -2.24. The third-order valence-electron chi connectivity index (χ3n) is 4.61. The first-order valence-electron chi connectivity index (χ1n) is 7.50. The van der Waals surface area contributed by atoms with Crippen molar-refractivity contribution in [1.29, 1.82) is 0 Å². The molecule has 2 rings (SSSR count). The van der Waals surface area contributed by atoms with Crippen molar-refractivity contribution in [3.05, 3.63) is 48.7 Å². The first kappa shape index (κ1) is 14.8. The lowest BCUT2D eigenvalue weighted by atomic mass is 9.70. The van der Waals surface area contributed by atoms with E-state index in [2.05, 4.69) is 42.5 Å². The molecule has 1 saturated carbocycles. The first-order valence-corrected chi connectivity index (χ1v) is 7.50. The summed E-state index contributed by atoms with van der Waals surface area (Å²) in [6.45, 7) is 13.4. The van der Waals surface area contributed by atoms with Gasteiger partial charge in [-0.15, -0.1) is 6.58 Å². The van der Waals surface area contributed by atoms with Gasteiger partial charge in [-0.25, -0.2) is 4.98 Å². The molecule has 0 aromatic carbocycles. The SMILES string of the molecule is C=C[C@]1(C)CC[C@@H](C(=C)CNc2ccc(C)cn2)CC1. The summed E-state index contributed by atoms with van der Waals surface area (Å²) in [4.78, 5) is 4.37. The molecule has 1 aliphatic rings. The van der Waals surface area contributed by atoms with Crippen molar-refractivity contribution in [3.63, 3.8) is 0 Å². The molecule has 1 heterocycles. The van der Waals surface area contributed by atoms with Gasteiger partial charge < -0.3 is 5.32 Å². The number of nitrogens with one attached hydrogen (secondary N) is 1. The molecule has 2 nitrogen and oxygen atoms in total. The van der Waals surface area contributed by atoms with Crippen LogP contribution in [0.15, 0.2) is 43.1 Å². The minimum Gasteiger partial charge on any atom is -0.366 e. The minimum absolute atomic E-state index is 0.336. The maximum absolute atomic E-state index is 4.37. The third kappa shape index (κ3) is 3.72. The zero-order valence-corrected chi connectivity index (χ0v) is 12.8. The number of hydrogen-bond donors (Lipinski definition) is 1. The van der Waals surface area contributed by atoms with E-state index in [1.54, 1.807) is 0 Å². The van der Waals surface area contributed by atoms with Crippen molar-refractivity contribution in [3.8, 4) is 0 Å². The van der Waals surface area contributed by atoms with E-state index < -0.39 is 0 Å². The fourth-order valence-electron chi connectivity index (χ4n) is 2.81. The fourth-order valence-corrected chi connectivity index (χ4v) is 2.81. The number of anilines is 1. The van der Waals surface area contributed by atoms with E-state index >= 15 is 0 Å². The average molecular weight is 270 g/mol. The number of allylic oxidation sites excluding steroid dienone is 1. The Kier molecular flexibility index (Phi) is 4.64. The zero-order valence-electron chi connectivity index (χ0n) is 12.8. The van der Waals surface area contributed by atoms with Crippen LogP contribution in [0, 0.1) is 18.3 Å². The largest absolute Gasteiger partial charge is 0.366 e. The molecular formula is C18H26N2. The van der Waals surface area contributed by atoms with Gasteiger partial charge in [-0.1, -0.05) is 31.2 Å². The van der Waals surface area contributed by atoms with Gasteiger partial charge in [-0.05, 0) is 55.6 Å². The van der Waals surface area contributed by atoms with Gasteiger partial charge in [0.25, 0.3) is 0 Å². The molecule has 1 aromatic rings. The molecule has 1 aromatic heterocycles. The van der Waals surface area contributed by atoms with Gasteiger partial charge in [0.1, 0.15) is 5.82 Å². The van der Waals surface area contributed by atoms with E-state index in [4.69, 9.17) is 0 Å². The average Bonchev–Trinajstić information content (AvgIpc) is 2.47. The van der Waals surface area contributed by atoms with Gasteiger partial charge in [0.2, 0.25) is 0 Å². The van der Waals surface area contributed by atoms with Gasteiger partial charge in [0.15, 0.2) is 0 Å². The molecule has 0 unspecified atom stereocenters. The molecule has 1 aliphatic carbocycles. The second kappa shape index (κ2) is 6.25. The molecule has 1 fully saturated rings. The number of aryl methyl sites for hydroxylation is 1. The van der Waals surface area contributed by atoms with Gasteiger partial charge in [-0.2, -0.15) is 0 Å². The molecule has 0 aliphatic heterocycles. The van der Waals surface area contributed by atoms with Crippen molar-refractivity contribution < 1.29 is 0 Å². The van der Waals surface area contributed by atoms with Gasteiger partial charge in [0, 0.05) is 12.7 Å². The Morgan fingerprint density at radius 2 is 2.15 bits per heavy atom. The summed E-state index contributed by atoms with van der Waals surface area (Å²) in [7, 11) is 0. The van der Waals surface area contributed by atoms with E-state index in [0.717, 1.165) is 12.4 Å². The normalized spacial score (nSPS) is 26.0. The highest BCUT2D eigenvalue weighted by molar-refractivity contribution is 5.36. The number of pyridine rings is 1. The highest BCUT2D eigenvalue weighted by Crippen LogP contribution is 2.41. The van der Waals surface area contributed by atoms with Crippen molar-refractivity contribution in [1.82, 2.24) is 4.98 Å². The van der Waals surface area contributed by atoms with Gasteiger partial charge >= 0.3 is 0 Å². The monoisotopic (exact) mass is 270 g/mol. The molecule has 0 spiro atoms. The molecule has 108 valence electrons. The quantitative estimate of drug-likeness (QED) is 0.782. The number of aromatic nitrogens is 1.